The molecule has 2 aromatic rings. The summed E-state index contributed by atoms with van der Waals surface area (Å²) in [5.41, 5.74) is 3.46. The molecule has 4 heterocycles. The van der Waals surface area contributed by atoms with E-state index in [9.17, 15) is 14.4 Å². The molecule has 3 aliphatic heterocycles. The summed E-state index contributed by atoms with van der Waals surface area (Å²) >= 11 is 0. The predicted molar refractivity (Wildman–Crippen MR) is 144 cm³/mol. The first-order valence-corrected chi connectivity index (χ1v) is 13.8. The van der Waals surface area contributed by atoms with E-state index in [1.807, 2.05) is 44.5 Å². The number of nitrogens with one attached hydrogen (secondary N) is 1. The van der Waals surface area contributed by atoms with E-state index in [0.717, 1.165) is 49.4 Å². The quantitative estimate of drug-likeness (QED) is 0.443. The van der Waals surface area contributed by atoms with E-state index >= 15 is 0 Å². The van der Waals surface area contributed by atoms with Gasteiger partial charge in [0.2, 0.25) is 5.91 Å². The van der Waals surface area contributed by atoms with E-state index < -0.39 is 0 Å². The zero-order valence-corrected chi connectivity index (χ0v) is 23.0. The van der Waals surface area contributed by atoms with Gasteiger partial charge in [0, 0.05) is 44.5 Å². The molecule has 3 aliphatic rings. The van der Waals surface area contributed by atoms with Crippen LogP contribution in [0.3, 0.4) is 0 Å². The molecule has 204 valence electrons. The second-order valence-electron chi connectivity index (χ2n) is 11.5. The van der Waals surface area contributed by atoms with Crippen molar-refractivity contribution in [2.45, 2.75) is 78.0 Å². The number of carbonyl (C=O) groups excluding carboxylic acids is 3. The monoisotopic (exact) mass is 521 g/mol. The Hall–Kier alpha value is -3.20. The Labute approximate surface area is 224 Å². The van der Waals surface area contributed by atoms with Gasteiger partial charge >= 0.3 is 0 Å². The number of benzene rings is 1. The molecule has 0 aliphatic carbocycles. The minimum Gasteiger partial charge on any atom is -0.375 e. The molecule has 2 fully saturated rings. The third kappa shape index (κ3) is 5.21. The van der Waals surface area contributed by atoms with Gasteiger partial charge in [-0.05, 0) is 78.0 Å². The number of carbonyl (C=O) groups is 3. The van der Waals surface area contributed by atoms with Crippen LogP contribution in [-0.4, -0.2) is 70.3 Å². The molecule has 5 rings (SSSR count). The predicted octanol–water partition coefficient (Wildman–Crippen LogP) is 3.48. The van der Waals surface area contributed by atoms with E-state index in [1.54, 1.807) is 6.07 Å². The number of piperidine rings is 1. The highest BCUT2D eigenvalue weighted by Gasteiger charge is 2.45. The lowest BCUT2D eigenvalue weighted by Crippen LogP contribution is -2.48. The summed E-state index contributed by atoms with van der Waals surface area (Å²) in [5.74, 6) is -0.556. The summed E-state index contributed by atoms with van der Waals surface area (Å²) in [6.45, 7) is 11.2. The Bertz CT molecular complexity index is 1240. The van der Waals surface area contributed by atoms with E-state index in [-0.39, 0.29) is 35.3 Å². The summed E-state index contributed by atoms with van der Waals surface area (Å²) in [5, 5.41) is 7.58. The van der Waals surface area contributed by atoms with Crippen LogP contribution in [0.25, 0.3) is 0 Å². The van der Waals surface area contributed by atoms with E-state index in [2.05, 4.69) is 21.4 Å². The Balaban J connectivity index is 1.24. The lowest BCUT2D eigenvalue weighted by atomic mass is 9.93. The van der Waals surface area contributed by atoms with Gasteiger partial charge in [-0.2, -0.15) is 5.10 Å². The van der Waals surface area contributed by atoms with Crippen molar-refractivity contribution in [2.24, 2.45) is 5.92 Å². The zero-order valence-electron chi connectivity index (χ0n) is 23.0. The minimum absolute atomic E-state index is 0.0455. The third-order valence-corrected chi connectivity index (χ3v) is 8.04. The van der Waals surface area contributed by atoms with Gasteiger partial charge in [0.15, 0.2) is 0 Å². The molecule has 1 aromatic heterocycles. The molecule has 1 N–H and O–H groups in total. The summed E-state index contributed by atoms with van der Waals surface area (Å²) < 4.78 is 7.79. The van der Waals surface area contributed by atoms with Gasteiger partial charge in [-0.1, -0.05) is 6.07 Å². The van der Waals surface area contributed by atoms with Crippen LogP contribution in [0, 0.1) is 19.8 Å². The van der Waals surface area contributed by atoms with Crippen molar-refractivity contribution in [1.29, 1.82) is 0 Å². The van der Waals surface area contributed by atoms with Crippen LogP contribution in [0.15, 0.2) is 24.3 Å². The first kappa shape index (κ1) is 26.4. The Morgan fingerprint density at radius 1 is 1.18 bits per heavy atom. The van der Waals surface area contributed by atoms with Gasteiger partial charge in [0.1, 0.15) is 0 Å². The molecule has 9 heteroatoms. The highest BCUT2D eigenvalue weighted by Crippen LogP contribution is 2.38. The number of aryl methyl sites for hydroxylation is 3. The van der Waals surface area contributed by atoms with Crippen LogP contribution < -0.4 is 10.2 Å². The Morgan fingerprint density at radius 3 is 2.74 bits per heavy atom. The van der Waals surface area contributed by atoms with Crippen LogP contribution in [0.5, 0.6) is 0 Å². The molecule has 2 atom stereocenters. The van der Waals surface area contributed by atoms with Crippen molar-refractivity contribution in [2.75, 3.05) is 31.1 Å². The molecule has 0 spiro atoms. The first-order chi connectivity index (χ1) is 18.1. The van der Waals surface area contributed by atoms with Crippen molar-refractivity contribution in [3.8, 4) is 0 Å². The lowest BCUT2D eigenvalue weighted by Gasteiger charge is -2.39. The molecule has 38 heavy (non-hydrogen) atoms. The Morgan fingerprint density at radius 2 is 2.00 bits per heavy atom. The number of imide groups is 1. The molecule has 9 nitrogen and oxygen atoms in total. The summed E-state index contributed by atoms with van der Waals surface area (Å²) in [7, 11) is 0. The Kier molecular flexibility index (Phi) is 7.31. The minimum atomic E-state index is -0.370. The molecule has 2 saturated heterocycles. The zero-order chi connectivity index (χ0) is 27.0. The van der Waals surface area contributed by atoms with Crippen LogP contribution in [0.4, 0.5) is 5.69 Å². The van der Waals surface area contributed by atoms with E-state index in [4.69, 9.17) is 4.74 Å². The fourth-order valence-corrected chi connectivity index (χ4v) is 6.20. The van der Waals surface area contributed by atoms with Crippen molar-refractivity contribution in [3.63, 3.8) is 0 Å². The van der Waals surface area contributed by atoms with Crippen LogP contribution in [-0.2, 0) is 16.1 Å². The van der Waals surface area contributed by atoms with Gasteiger partial charge in [-0.25, -0.2) is 0 Å². The molecular weight excluding hydrogens is 482 g/mol. The van der Waals surface area contributed by atoms with Crippen LogP contribution in [0.1, 0.15) is 78.1 Å². The number of anilines is 1. The number of aromatic nitrogens is 2. The average molecular weight is 522 g/mol. The number of nitrogens with zero attached hydrogens (tertiary/aromatic N) is 4. The SMILES string of the molecule is Cc1cc(C)n(CCCNC(=O)[C@H]2CCCN(c3cccc4c3C(=O)N([C@H]3CCOC(C)(C)C3)C4=O)C2)n1. The van der Waals surface area contributed by atoms with Gasteiger partial charge in [0.05, 0.1) is 34.0 Å². The standard InChI is InChI=1S/C29H39N5O4/c1-19-16-20(2)33(31-19)14-7-12-30-26(35)21-8-6-13-32(18-21)24-10-5-9-23-25(24)28(37)34(27(23)36)22-11-15-38-29(3,4)17-22/h5,9-10,16,21-22H,6-8,11-15,17-18H2,1-4H3,(H,30,35)/t21-,22-/m0/s1. The van der Waals surface area contributed by atoms with Gasteiger partial charge in [-0.3, -0.25) is 24.0 Å². The maximum Gasteiger partial charge on any atom is 0.263 e. The molecule has 0 bridgehead atoms. The molecular formula is C29H39N5O4. The van der Waals surface area contributed by atoms with Crippen molar-refractivity contribution >= 4 is 23.4 Å². The second-order valence-corrected chi connectivity index (χ2v) is 11.5. The van der Waals surface area contributed by atoms with Gasteiger partial charge in [0.25, 0.3) is 11.8 Å². The topological polar surface area (TPSA) is 96.8 Å². The highest BCUT2D eigenvalue weighted by atomic mass is 16.5. The molecule has 0 radical (unpaired) electrons. The number of amides is 3. The van der Waals surface area contributed by atoms with Crippen molar-refractivity contribution in [3.05, 3.63) is 46.8 Å². The smallest absolute Gasteiger partial charge is 0.263 e. The van der Waals surface area contributed by atoms with Crippen molar-refractivity contribution in [1.82, 2.24) is 20.0 Å². The number of rotatable bonds is 7. The average Bonchev–Trinajstić information content (AvgIpc) is 3.34. The van der Waals surface area contributed by atoms with Crippen LogP contribution >= 0.6 is 0 Å². The third-order valence-electron chi connectivity index (χ3n) is 8.04. The molecule has 1 aromatic carbocycles. The second kappa shape index (κ2) is 10.5. The molecule has 3 amide bonds. The normalized spacial score (nSPS) is 23.1. The number of hydrogen-bond donors (Lipinski definition) is 1. The largest absolute Gasteiger partial charge is 0.375 e. The first-order valence-electron chi connectivity index (χ1n) is 13.8. The maximum atomic E-state index is 13.7. The fourth-order valence-electron chi connectivity index (χ4n) is 6.20. The fraction of sp³-hybridized carbons (Fsp3) is 0.586. The van der Waals surface area contributed by atoms with Crippen LogP contribution in [0.2, 0.25) is 0 Å². The summed E-state index contributed by atoms with van der Waals surface area (Å²) in [6.07, 6.45) is 3.75. The highest BCUT2D eigenvalue weighted by molar-refractivity contribution is 6.24. The molecule has 0 unspecified atom stereocenters. The van der Waals surface area contributed by atoms with E-state index in [1.165, 1.54) is 4.90 Å². The van der Waals surface area contributed by atoms with Crippen molar-refractivity contribution < 1.29 is 19.1 Å². The number of fused-ring (bicyclic) bond motifs is 1. The maximum absolute atomic E-state index is 13.7. The van der Waals surface area contributed by atoms with Gasteiger partial charge in [-0.15, -0.1) is 0 Å². The number of ether oxygens (including phenoxy) is 1. The molecule has 0 saturated carbocycles. The number of hydrogen-bond acceptors (Lipinski definition) is 6. The summed E-state index contributed by atoms with van der Waals surface area (Å²) in [6, 6.07) is 7.39. The van der Waals surface area contributed by atoms with E-state index in [0.29, 0.717) is 43.7 Å². The lowest BCUT2D eigenvalue weighted by molar-refractivity contribution is -0.125. The summed E-state index contributed by atoms with van der Waals surface area (Å²) in [4.78, 5) is 43.6. The van der Waals surface area contributed by atoms with Gasteiger partial charge < -0.3 is 15.0 Å².